The highest BCUT2D eigenvalue weighted by Gasteiger charge is 2.14. The van der Waals surface area contributed by atoms with Gasteiger partial charge in [-0.3, -0.25) is 4.79 Å². The van der Waals surface area contributed by atoms with Crippen molar-refractivity contribution in [1.82, 2.24) is 20.3 Å². The lowest BCUT2D eigenvalue weighted by molar-refractivity contribution is -0.123. The van der Waals surface area contributed by atoms with E-state index in [0.717, 1.165) is 43.0 Å². The molecule has 0 spiro atoms. The van der Waals surface area contributed by atoms with Crippen LogP contribution in [0.15, 0.2) is 60.8 Å². The Bertz CT molecular complexity index is 919. The number of carbonyl (C=O) groups is 1. The average Bonchev–Trinajstić information content (AvgIpc) is 3.28. The van der Waals surface area contributed by atoms with Crippen molar-refractivity contribution in [3.05, 3.63) is 60.8 Å². The lowest BCUT2D eigenvalue weighted by Crippen LogP contribution is -2.35. The summed E-state index contributed by atoms with van der Waals surface area (Å²) in [6.45, 7) is 2.24. The van der Waals surface area contributed by atoms with Gasteiger partial charge in [-0.1, -0.05) is 35.5 Å². The van der Waals surface area contributed by atoms with Crippen LogP contribution in [0.3, 0.4) is 0 Å². The number of carbonyl (C=O) groups excluding carboxylic acids is 1. The first-order chi connectivity index (χ1) is 14.3. The van der Waals surface area contributed by atoms with E-state index in [1.54, 1.807) is 4.68 Å². The van der Waals surface area contributed by atoms with E-state index in [4.69, 9.17) is 9.47 Å². The van der Waals surface area contributed by atoms with Gasteiger partial charge in [0.05, 0.1) is 11.9 Å². The first-order valence-corrected chi connectivity index (χ1v) is 9.83. The summed E-state index contributed by atoms with van der Waals surface area (Å²) in [6.07, 6.45) is 3.88. The molecular formula is C22H24N4O3. The molecule has 0 bridgehead atoms. The number of hydrogen-bond donors (Lipinski definition) is 1. The third-order valence-electron chi connectivity index (χ3n) is 4.96. The first-order valence-electron chi connectivity index (χ1n) is 9.83. The molecule has 7 nitrogen and oxygen atoms in total. The second kappa shape index (κ2) is 9.34. The molecule has 1 N–H and O–H groups in total. The van der Waals surface area contributed by atoms with Gasteiger partial charge in [0.1, 0.15) is 11.4 Å². The first kappa shape index (κ1) is 19.1. The van der Waals surface area contributed by atoms with Crippen LogP contribution in [0, 0.1) is 5.92 Å². The summed E-state index contributed by atoms with van der Waals surface area (Å²) < 4.78 is 12.6. The third kappa shape index (κ3) is 5.20. The molecule has 0 unspecified atom stereocenters. The van der Waals surface area contributed by atoms with E-state index in [9.17, 15) is 4.79 Å². The standard InChI is InChI=1S/C22H24N4O3/c27-22(23-14-17-10-12-28-13-11-17)16-29-20-8-6-19(7-9-20)26-15-21(24-25-26)18-4-2-1-3-5-18/h1-9,15,17H,10-14,16H2,(H,23,27). The van der Waals surface area contributed by atoms with Gasteiger partial charge < -0.3 is 14.8 Å². The van der Waals surface area contributed by atoms with Gasteiger partial charge in [0, 0.05) is 25.3 Å². The van der Waals surface area contributed by atoms with Crippen LogP contribution in [0.2, 0.25) is 0 Å². The topological polar surface area (TPSA) is 78.3 Å². The zero-order chi connectivity index (χ0) is 19.9. The fourth-order valence-electron chi connectivity index (χ4n) is 3.23. The average molecular weight is 392 g/mol. The Morgan fingerprint density at radius 2 is 1.86 bits per heavy atom. The van der Waals surface area contributed by atoms with Crippen molar-refractivity contribution in [2.24, 2.45) is 5.92 Å². The van der Waals surface area contributed by atoms with Gasteiger partial charge in [-0.05, 0) is 43.0 Å². The number of amides is 1. The molecule has 1 aliphatic rings. The highest BCUT2D eigenvalue weighted by molar-refractivity contribution is 5.77. The minimum atomic E-state index is -0.107. The highest BCUT2D eigenvalue weighted by atomic mass is 16.5. The van der Waals surface area contributed by atoms with E-state index in [1.807, 2.05) is 60.8 Å². The van der Waals surface area contributed by atoms with Crippen LogP contribution >= 0.6 is 0 Å². The van der Waals surface area contributed by atoms with Gasteiger partial charge >= 0.3 is 0 Å². The number of benzene rings is 2. The van der Waals surface area contributed by atoms with Crippen molar-refractivity contribution < 1.29 is 14.3 Å². The van der Waals surface area contributed by atoms with Gasteiger partial charge in [-0.2, -0.15) is 0 Å². The molecule has 3 aromatic rings. The summed E-state index contributed by atoms with van der Waals surface area (Å²) in [5, 5.41) is 11.3. The molecule has 1 saturated heterocycles. The van der Waals surface area contributed by atoms with Gasteiger partial charge in [0.25, 0.3) is 5.91 Å². The van der Waals surface area contributed by atoms with Gasteiger partial charge in [0.15, 0.2) is 6.61 Å². The van der Waals surface area contributed by atoms with Crippen molar-refractivity contribution >= 4 is 5.91 Å². The molecule has 0 radical (unpaired) electrons. The van der Waals surface area contributed by atoms with E-state index in [-0.39, 0.29) is 12.5 Å². The lowest BCUT2D eigenvalue weighted by atomic mass is 10.0. The monoisotopic (exact) mass is 392 g/mol. The number of nitrogens with zero attached hydrogens (tertiary/aromatic N) is 3. The molecule has 0 atom stereocenters. The lowest BCUT2D eigenvalue weighted by Gasteiger charge is -2.22. The summed E-state index contributed by atoms with van der Waals surface area (Å²) >= 11 is 0. The Hall–Kier alpha value is -3.19. The predicted molar refractivity (Wildman–Crippen MR) is 109 cm³/mol. The highest BCUT2D eigenvalue weighted by Crippen LogP contribution is 2.19. The molecule has 7 heteroatoms. The number of aromatic nitrogens is 3. The van der Waals surface area contributed by atoms with Crippen LogP contribution in [-0.2, 0) is 9.53 Å². The summed E-state index contributed by atoms with van der Waals surface area (Å²) in [5.41, 5.74) is 2.70. The SMILES string of the molecule is O=C(COc1ccc(-n2cc(-c3ccccc3)nn2)cc1)NCC1CCOCC1. The molecule has 1 amide bonds. The number of hydrogen-bond acceptors (Lipinski definition) is 5. The van der Waals surface area contributed by atoms with Crippen LogP contribution in [0.5, 0.6) is 5.75 Å². The molecule has 29 heavy (non-hydrogen) atoms. The zero-order valence-electron chi connectivity index (χ0n) is 16.2. The molecule has 4 rings (SSSR count). The second-order valence-corrected chi connectivity index (χ2v) is 7.06. The number of rotatable bonds is 7. The van der Waals surface area contributed by atoms with Gasteiger partial charge in [0.2, 0.25) is 0 Å². The zero-order valence-corrected chi connectivity index (χ0v) is 16.2. The molecule has 0 saturated carbocycles. The maximum atomic E-state index is 12.0. The molecule has 1 aliphatic heterocycles. The smallest absolute Gasteiger partial charge is 0.257 e. The van der Waals surface area contributed by atoms with Crippen molar-refractivity contribution in [1.29, 1.82) is 0 Å². The Balaban J connectivity index is 1.28. The van der Waals surface area contributed by atoms with Crippen LogP contribution in [-0.4, -0.2) is 47.3 Å². The Kier molecular flexibility index (Phi) is 6.16. The van der Waals surface area contributed by atoms with Gasteiger partial charge in [-0.25, -0.2) is 4.68 Å². The minimum Gasteiger partial charge on any atom is -0.484 e. The predicted octanol–water partition coefficient (Wildman–Crippen LogP) is 2.86. The summed E-state index contributed by atoms with van der Waals surface area (Å²) in [6, 6.07) is 17.3. The van der Waals surface area contributed by atoms with Crippen molar-refractivity contribution in [2.75, 3.05) is 26.4 Å². The summed E-state index contributed by atoms with van der Waals surface area (Å²) in [4.78, 5) is 12.0. The normalized spacial score (nSPS) is 14.5. The fraction of sp³-hybridized carbons (Fsp3) is 0.318. The van der Waals surface area contributed by atoms with Crippen LogP contribution in [0.1, 0.15) is 12.8 Å². The van der Waals surface area contributed by atoms with Crippen LogP contribution in [0.25, 0.3) is 16.9 Å². The summed E-state index contributed by atoms with van der Waals surface area (Å²) in [7, 11) is 0. The van der Waals surface area contributed by atoms with E-state index in [1.165, 1.54) is 0 Å². The molecule has 0 aliphatic carbocycles. The van der Waals surface area contributed by atoms with Gasteiger partial charge in [-0.15, -0.1) is 5.10 Å². The third-order valence-corrected chi connectivity index (χ3v) is 4.96. The van der Waals surface area contributed by atoms with E-state index in [0.29, 0.717) is 18.2 Å². The fourth-order valence-corrected chi connectivity index (χ4v) is 3.23. The van der Waals surface area contributed by atoms with Crippen LogP contribution < -0.4 is 10.1 Å². The van der Waals surface area contributed by atoms with Crippen molar-refractivity contribution in [3.8, 4) is 22.7 Å². The largest absolute Gasteiger partial charge is 0.484 e. The second-order valence-electron chi connectivity index (χ2n) is 7.06. The molecule has 2 aromatic carbocycles. The molecule has 1 aromatic heterocycles. The quantitative estimate of drug-likeness (QED) is 0.669. The van der Waals surface area contributed by atoms with E-state index in [2.05, 4.69) is 15.6 Å². The molecule has 1 fully saturated rings. The van der Waals surface area contributed by atoms with Crippen molar-refractivity contribution in [2.45, 2.75) is 12.8 Å². The minimum absolute atomic E-state index is 0.00402. The molecule has 150 valence electrons. The number of nitrogens with one attached hydrogen (secondary N) is 1. The maximum Gasteiger partial charge on any atom is 0.257 e. The summed E-state index contributed by atoms with van der Waals surface area (Å²) in [5.74, 6) is 1.03. The molecular weight excluding hydrogens is 368 g/mol. The Morgan fingerprint density at radius 1 is 1.10 bits per heavy atom. The maximum absolute atomic E-state index is 12.0. The van der Waals surface area contributed by atoms with Crippen LogP contribution in [0.4, 0.5) is 0 Å². The Labute approximate surface area is 169 Å². The Morgan fingerprint density at radius 3 is 2.62 bits per heavy atom. The molecule has 2 heterocycles. The van der Waals surface area contributed by atoms with Crippen molar-refractivity contribution in [3.63, 3.8) is 0 Å². The van der Waals surface area contributed by atoms with E-state index < -0.39 is 0 Å². The van der Waals surface area contributed by atoms with E-state index >= 15 is 0 Å². The number of ether oxygens (including phenoxy) is 2.